The molecule has 0 saturated heterocycles. The zero-order valence-electron chi connectivity index (χ0n) is 6.82. The number of halogens is 1. The highest BCUT2D eigenvalue weighted by Gasteiger charge is 2.00. The molecule has 0 unspecified atom stereocenters. The van der Waals surface area contributed by atoms with E-state index in [4.69, 9.17) is 0 Å². The Hall–Kier alpha value is -0.560. The smallest absolute Gasteiger partial charge is 0.0178 e. The van der Waals surface area contributed by atoms with Gasteiger partial charge in [0.15, 0.2) is 0 Å². The van der Waals surface area contributed by atoms with Crippen molar-refractivity contribution in [2.45, 2.75) is 13.8 Å². The van der Waals surface area contributed by atoms with E-state index in [9.17, 15) is 0 Å². The summed E-state index contributed by atoms with van der Waals surface area (Å²) in [6.45, 7) is 8.06. The van der Waals surface area contributed by atoms with Crippen molar-refractivity contribution in [1.82, 2.24) is 0 Å². The van der Waals surface area contributed by atoms with Crippen LogP contribution in [0.25, 0.3) is 4.48 Å². The molecule has 0 aromatic heterocycles. The number of rotatable bonds is 1. The second kappa shape index (κ2) is 3.22. The third-order valence-electron chi connectivity index (χ3n) is 1.90. The Labute approximate surface area is 76.1 Å². The summed E-state index contributed by atoms with van der Waals surface area (Å²) in [5.41, 5.74) is 3.81. The van der Waals surface area contributed by atoms with E-state index in [0.29, 0.717) is 0 Å². The van der Waals surface area contributed by atoms with E-state index in [1.165, 1.54) is 16.7 Å². The molecular formula is C10H11Br. The summed E-state index contributed by atoms with van der Waals surface area (Å²) in [4.78, 5) is 0. The number of benzene rings is 1. The summed E-state index contributed by atoms with van der Waals surface area (Å²) in [5, 5.41) is 0. The van der Waals surface area contributed by atoms with Gasteiger partial charge in [-0.15, -0.1) is 0 Å². The summed E-state index contributed by atoms with van der Waals surface area (Å²) < 4.78 is 0.957. The number of hydrogen-bond acceptors (Lipinski definition) is 0. The lowest BCUT2D eigenvalue weighted by molar-refractivity contribution is 1.32. The van der Waals surface area contributed by atoms with Crippen LogP contribution < -0.4 is 0 Å². The Kier molecular flexibility index (Phi) is 2.50. The minimum atomic E-state index is 0.957. The summed E-state index contributed by atoms with van der Waals surface area (Å²) in [6, 6.07) is 6.22. The molecule has 0 aliphatic heterocycles. The van der Waals surface area contributed by atoms with E-state index in [1.54, 1.807) is 0 Å². The molecule has 0 radical (unpaired) electrons. The first-order valence-electron chi connectivity index (χ1n) is 3.54. The topological polar surface area (TPSA) is 0 Å². The monoisotopic (exact) mass is 210 g/mol. The lowest BCUT2D eigenvalue weighted by Crippen LogP contribution is -1.85. The summed E-state index contributed by atoms with van der Waals surface area (Å²) in [7, 11) is 0. The fourth-order valence-electron chi connectivity index (χ4n) is 1.04. The van der Waals surface area contributed by atoms with E-state index in [0.717, 1.165) is 4.48 Å². The molecule has 0 atom stereocenters. The first-order chi connectivity index (χ1) is 5.13. The molecule has 0 heterocycles. The number of hydrogen-bond donors (Lipinski definition) is 0. The summed E-state index contributed by atoms with van der Waals surface area (Å²) in [5.74, 6) is 0. The second-order valence-electron chi connectivity index (χ2n) is 2.65. The van der Waals surface area contributed by atoms with Crippen molar-refractivity contribution in [2.24, 2.45) is 0 Å². The van der Waals surface area contributed by atoms with Gasteiger partial charge in [0.05, 0.1) is 0 Å². The molecule has 0 nitrogen and oxygen atoms in total. The average Bonchev–Trinajstić information content (AvgIpc) is 1.94. The van der Waals surface area contributed by atoms with Gasteiger partial charge in [-0.3, -0.25) is 0 Å². The lowest BCUT2D eigenvalue weighted by Gasteiger charge is -2.05. The Bertz CT molecular complexity index is 287. The highest BCUT2D eigenvalue weighted by Crippen LogP contribution is 2.23. The molecule has 1 aromatic rings. The maximum atomic E-state index is 3.84. The van der Waals surface area contributed by atoms with Crippen LogP contribution >= 0.6 is 15.9 Å². The van der Waals surface area contributed by atoms with Crippen molar-refractivity contribution in [3.63, 3.8) is 0 Å². The van der Waals surface area contributed by atoms with Crippen molar-refractivity contribution in [2.75, 3.05) is 0 Å². The molecule has 1 heteroatoms. The van der Waals surface area contributed by atoms with Crippen LogP contribution in [0.2, 0.25) is 0 Å². The van der Waals surface area contributed by atoms with Crippen LogP contribution in [0.4, 0.5) is 0 Å². The fourth-order valence-corrected chi connectivity index (χ4v) is 1.47. The minimum absolute atomic E-state index is 0.957. The Balaban J connectivity index is 3.27. The molecule has 58 valence electrons. The standard InChI is InChI=1S/C10H11Br/c1-7-5-4-6-10(8(7)2)9(3)11/h4-6H,3H2,1-2H3. The van der Waals surface area contributed by atoms with Crippen molar-refractivity contribution < 1.29 is 0 Å². The molecule has 0 N–H and O–H groups in total. The molecular weight excluding hydrogens is 200 g/mol. The van der Waals surface area contributed by atoms with Crippen LogP contribution in [0.3, 0.4) is 0 Å². The van der Waals surface area contributed by atoms with Crippen LogP contribution in [0.1, 0.15) is 16.7 Å². The zero-order chi connectivity index (χ0) is 8.43. The molecule has 0 aliphatic rings. The lowest BCUT2D eigenvalue weighted by atomic mass is 10.0. The fraction of sp³-hybridized carbons (Fsp3) is 0.200. The van der Waals surface area contributed by atoms with E-state index >= 15 is 0 Å². The molecule has 11 heavy (non-hydrogen) atoms. The second-order valence-corrected chi connectivity index (χ2v) is 3.61. The summed E-state index contributed by atoms with van der Waals surface area (Å²) in [6.07, 6.45) is 0. The third kappa shape index (κ3) is 1.72. The van der Waals surface area contributed by atoms with E-state index in [1.807, 2.05) is 6.07 Å². The number of aryl methyl sites for hydroxylation is 1. The Morgan fingerprint density at radius 1 is 1.36 bits per heavy atom. The van der Waals surface area contributed by atoms with Gasteiger partial charge in [-0.1, -0.05) is 40.7 Å². The maximum Gasteiger partial charge on any atom is 0.0178 e. The van der Waals surface area contributed by atoms with Crippen LogP contribution in [-0.2, 0) is 0 Å². The van der Waals surface area contributed by atoms with Crippen LogP contribution in [-0.4, -0.2) is 0 Å². The van der Waals surface area contributed by atoms with Gasteiger partial charge in [-0.2, -0.15) is 0 Å². The van der Waals surface area contributed by atoms with Gasteiger partial charge in [-0.05, 0) is 30.5 Å². The van der Waals surface area contributed by atoms with Crippen molar-refractivity contribution in [1.29, 1.82) is 0 Å². The summed E-state index contributed by atoms with van der Waals surface area (Å²) >= 11 is 3.37. The Morgan fingerprint density at radius 2 is 2.00 bits per heavy atom. The van der Waals surface area contributed by atoms with E-state index < -0.39 is 0 Å². The SMILES string of the molecule is C=C(Br)c1cccc(C)c1C. The van der Waals surface area contributed by atoms with Gasteiger partial charge in [0.2, 0.25) is 0 Å². The van der Waals surface area contributed by atoms with Gasteiger partial charge in [0, 0.05) is 4.48 Å². The Morgan fingerprint density at radius 3 is 2.45 bits per heavy atom. The molecule has 0 saturated carbocycles. The molecule has 0 amide bonds. The maximum absolute atomic E-state index is 3.84. The largest absolute Gasteiger partial charge is 0.0841 e. The highest BCUT2D eigenvalue weighted by molar-refractivity contribution is 9.15. The highest BCUT2D eigenvalue weighted by atomic mass is 79.9. The quantitative estimate of drug-likeness (QED) is 0.664. The normalized spacial score (nSPS) is 9.73. The van der Waals surface area contributed by atoms with Crippen LogP contribution in [0.15, 0.2) is 24.8 Å². The van der Waals surface area contributed by atoms with Crippen LogP contribution in [0.5, 0.6) is 0 Å². The first-order valence-corrected chi connectivity index (χ1v) is 4.33. The molecule has 1 rings (SSSR count). The first kappa shape index (κ1) is 8.54. The van der Waals surface area contributed by atoms with Crippen molar-refractivity contribution >= 4 is 20.4 Å². The van der Waals surface area contributed by atoms with Gasteiger partial charge < -0.3 is 0 Å². The molecule has 1 aromatic carbocycles. The molecule has 0 spiro atoms. The predicted octanol–water partition coefficient (Wildman–Crippen LogP) is 3.67. The third-order valence-corrected chi connectivity index (χ3v) is 2.32. The van der Waals surface area contributed by atoms with Gasteiger partial charge >= 0.3 is 0 Å². The van der Waals surface area contributed by atoms with E-state index in [-0.39, 0.29) is 0 Å². The van der Waals surface area contributed by atoms with Crippen molar-refractivity contribution in [3.05, 3.63) is 41.5 Å². The van der Waals surface area contributed by atoms with Crippen LogP contribution in [0, 0.1) is 13.8 Å². The molecule has 0 bridgehead atoms. The molecule has 0 aliphatic carbocycles. The average molecular weight is 211 g/mol. The zero-order valence-corrected chi connectivity index (χ0v) is 8.40. The van der Waals surface area contributed by atoms with Gasteiger partial charge in [-0.25, -0.2) is 0 Å². The molecule has 0 fully saturated rings. The minimum Gasteiger partial charge on any atom is -0.0841 e. The van der Waals surface area contributed by atoms with Gasteiger partial charge in [0.25, 0.3) is 0 Å². The predicted molar refractivity (Wildman–Crippen MR) is 53.9 cm³/mol. The van der Waals surface area contributed by atoms with Crippen molar-refractivity contribution in [3.8, 4) is 0 Å². The van der Waals surface area contributed by atoms with E-state index in [2.05, 4.69) is 48.5 Å². The van der Waals surface area contributed by atoms with Gasteiger partial charge in [0.1, 0.15) is 0 Å².